The summed E-state index contributed by atoms with van der Waals surface area (Å²) in [4.78, 5) is 11.7. The quantitative estimate of drug-likeness (QED) is 0.582. The monoisotopic (exact) mass is 182 g/mol. The molecule has 1 aliphatic carbocycles. The number of hydrogen-bond donors (Lipinski definition) is 0. The molecule has 2 heteroatoms. The van der Waals surface area contributed by atoms with E-state index < -0.39 is 0 Å². The summed E-state index contributed by atoms with van der Waals surface area (Å²) < 4.78 is 5.48. The van der Waals surface area contributed by atoms with Crippen LogP contribution in [0, 0.1) is 11.3 Å². The average Bonchev–Trinajstić information content (AvgIpc) is 2.52. The molecule has 1 heterocycles. The molecule has 3 atom stereocenters. The molecule has 0 bridgehead atoms. The molecule has 0 radical (unpaired) electrons. The van der Waals surface area contributed by atoms with E-state index in [0.29, 0.717) is 5.92 Å². The van der Waals surface area contributed by atoms with Gasteiger partial charge in [-0.05, 0) is 44.9 Å². The van der Waals surface area contributed by atoms with E-state index in [9.17, 15) is 4.79 Å². The number of fused-ring (bicyclic) bond motifs is 1. The molecule has 0 N–H and O–H groups in total. The topological polar surface area (TPSA) is 26.3 Å². The number of ether oxygens (including phenoxy) is 1. The third kappa shape index (κ3) is 1.36. The Morgan fingerprint density at radius 2 is 2.31 bits per heavy atom. The Labute approximate surface area is 79.7 Å². The van der Waals surface area contributed by atoms with E-state index in [1.165, 1.54) is 12.8 Å². The molecule has 1 aliphatic heterocycles. The van der Waals surface area contributed by atoms with E-state index in [2.05, 4.69) is 6.92 Å². The Kier molecular flexibility index (Phi) is 2.09. The molecule has 1 saturated heterocycles. The number of esters is 1. The van der Waals surface area contributed by atoms with Gasteiger partial charge < -0.3 is 4.74 Å². The van der Waals surface area contributed by atoms with Gasteiger partial charge in [0.25, 0.3) is 0 Å². The highest BCUT2D eigenvalue weighted by molar-refractivity contribution is 5.77. The minimum Gasteiger partial charge on any atom is -0.462 e. The maximum absolute atomic E-state index is 11.7. The molecule has 2 aliphatic rings. The van der Waals surface area contributed by atoms with E-state index in [1.807, 2.05) is 6.92 Å². The van der Waals surface area contributed by atoms with Crippen LogP contribution in [0.1, 0.15) is 46.0 Å². The minimum absolute atomic E-state index is 0.0400. The van der Waals surface area contributed by atoms with E-state index in [0.717, 1.165) is 19.3 Å². The Morgan fingerprint density at radius 3 is 3.00 bits per heavy atom. The second-order valence-corrected chi connectivity index (χ2v) is 4.75. The molecule has 0 aromatic rings. The lowest BCUT2D eigenvalue weighted by molar-refractivity contribution is -0.173. The van der Waals surface area contributed by atoms with Crippen LogP contribution in [-0.2, 0) is 9.53 Å². The fourth-order valence-corrected chi connectivity index (χ4v) is 2.62. The van der Waals surface area contributed by atoms with Crippen molar-refractivity contribution in [2.24, 2.45) is 11.3 Å². The molecule has 2 nitrogen and oxygen atoms in total. The van der Waals surface area contributed by atoms with Gasteiger partial charge in [0.15, 0.2) is 0 Å². The minimum atomic E-state index is -0.189. The standard InChI is InChI=1S/C11H18O2/c1-3-11(2)7-8-5-4-6-9(8)13-10(11)12/h8-9H,3-7H2,1-2H3. The number of carbonyl (C=O) groups excluding carboxylic acids is 1. The van der Waals surface area contributed by atoms with E-state index in [4.69, 9.17) is 4.74 Å². The van der Waals surface area contributed by atoms with Gasteiger partial charge in [0.05, 0.1) is 5.41 Å². The molecule has 1 saturated carbocycles. The molecule has 0 aromatic heterocycles. The molecule has 74 valence electrons. The lowest BCUT2D eigenvalue weighted by atomic mass is 9.75. The van der Waals surface area contributed by atoms with Crippen LogP contribution >= 0.6 is 0 Å². The van der Waals surface area contributed by atoms with Crippen molar-refractivity contribution < 1.29 is 9.53 Å². The Hall–Kier alpha value is -0.530. The van der Waals surface area contributed by atoms with Crippen LogP contribution in [-0.4, -0.2) is 12.1 Å². The normalized spacial score (nSPS) is 44.3. The summed E-state index contributed by atoms with van der Waals surface area (Å²) in [7, 11) is 0. The van der Waals surface area contributed by atoms with Crippen LogP contribution in [0.25, 0.3) is 0 Å². The van der Waals surface area contributed by atoms with Crippen LogP contribution in [0.4, 0.5) is 0 Å². The van der Waals surface area contributed by atoms with E-state index in [-0.39, 0.29) is 17.5 Å². The molecule has 2 fully saturated rings. The number of carbonyl (C=O) groups is 1. The van der Waals surface area contributed by atoms with Gasteiger partial charge in [0.1, 0.15) is 6.10 Å². The van der Waals surface area contributed by atoms with Crippen LogP contribution in [0.5, 0.6) is 0 Å². The smallest absolute Gasteiger partial charge is 0.312 e. The summed E-state index contributed by atoms with van der Waals surface area (Å²) in [6.07, 6.45) is 5.81. The van der Waals surface area contributed by atoms with Crippen LogP contribution in [0.3, 0.4) is 0 Å². The van der Waals surface area contributed by atoms with Gasteiger partial charge in [-0.1, -0.05) is 6.92 Å². The van der Waals surface area contributed by atoms with Crippen molar-refractivity contribution in [2.45, 2.75) is 52.1 Å². The molecule has 0 amide bonds. The molecular formula is C11H18O2. The first-order chi connectivity index (χ1) is 6.15. The van der Waals surface area contributed by atoms with E-state index >= 15 is 0 Å². The van der Waals surface area contributed by atoms with Crippen LogP contribution in [0.15, 0.2) is 0 Å². The summed E-state index contributed by atoms with van der Waals surface area (Å²) in [6.45, 7) is 4.13. The molecule has 13 heavy (non-hydrogen) atoms. The molecule has 2 rings (SSSR count). The summed E-state index contributed by atoms with van der Waals surface area (Å²) in [5, 5.41) is 0. The first kappa shape index (κ1) is 9.04. The van der Waals surface area contributed by atoms with Crippen molar-refractivity contribution in [1.29, 1.82) is 0 Å². The maximum atomic E-state index is 11.7. The van der Waals surface area contributed by atoms with Crippen molar-refractivity contribution >= 4 is 5.97 Å². The highest BCUT2D eigenvalue weighted by atomic mass is 16.5. The predicted octanol–water partition coefficient (Wildman–Crippen LogP) is 2.52. The zero-order chi connectivity index (χ0) is 9.47. The van der Waals surface area contributed by atoms with Gasteiger partial charge >= 0.3 is 5.97 Å². The summed E-state index contributed by atoms with van der Waals surface area (Å²) in [5.41, 5.74) is -0.189. The number of hydrogen-bond acceptors (Lipinski definition) is 2. The Morgan fingerprint density at radius 1 is 1.54 bits per heavy atom. The fourth-order valence-electron chi connectivity index (χ4n) is 2.62. The summed E-state index contributed by atoms with van der Waals surface area (Å²) in [5.74, 6) is 0.695. The highest BCUT2D eigenvalue weighted by Crippen LogP contribution is 2.44. The van der Waals surface area contributed by atoms with Crippen LogP contribution in [0.2, 0.25) is 0 Å². The van der Waals surface area contributed by atoms with Crippen molar-refractivity contribution in [1.82, 2.24) is 0 Å². The SMILES string of the molecule is CCC1(C)CC2CCCC2OC1=O. The largest absolute Gasteiger partial charge is 0.462 e. The Bertz CT molecular complexity index is 224. The zero-order valence-corrected chi connectivity index (χ0v) is 8.51. The summed E-state index contributed by atoms with van der Waals surface area (Å²) >= 11 is 0. The van der Waals surface area contributed by atoms with Gasteiger partial charge in [-0.3, -0.25) is 4.79 Å². The van der Waals surface area contributed by atoms with Gasteiger partial charge in [0, 0.05) is 0 Å². The van der Waals surface area contributed by atoms with Gasteiger partial charge in [-0.15, -0.1) is 0 Å². The van der Waals surface area contributed by atoms with Gasteiger partial charge in [0.2, 0.25) is 0 Å². The van der Waals surface area contributed by atoms with Crippen molar-refractivity contribution in [3.63, 3.8) is 0 Å². The first-order valence-corrected chi connectivity index (χ1v) is 5.37. The average molecular weight is 182 g/mol. The van der Waals surface area contributed by atoms with Crippen molar-refractivity contribution in [3.8, 4) is 0 Å². The molecule has 3 unspecified atom stereocenters. The third-order valence-electron chi connectivity index (χ3n) is 3.83. The predicted molar refractivity (Wildman–Crippen MR) is 50.2 cm³/mol. The second-order valence-electron chi connectivity index (χ2n) is 4.75. The molecular weight excluding hydrogens is 164 g/mol. The van der Waals surface area contributed by atoms with E-state index in [1.54, 1.807) is 0 Å². The van der Waals surface area contributed by atoms with Crippen molar-refractivity contribution in [3.05, 3.63) is 0 Å². The maximum Gasteiger partial charge on any atom is 0.312 e. The first-order valence-electron chi connectivity index (χ1n) is 5.37. The number of rotatable bonds is 1. The zero-order valence-electron chi connectivity index (χ0n) is 8.51. The lowest BCUT2D eigenvalue weighted by Crippen LogP contribution is -2.42. The third-order valence-corrected chi connectivity index (χ3v) is 3.83. The second kappa shape index (κ2) is 3.00. The Balaban J connectivity index is 2.14. The fraction of sp³-hybridized carbons (Fsp3) is 0.909. The molecule has 0 aromatic carbocycles. The lowest BCUT2D eigenvalue weighted by Gasteiger charge is -2.37. The van der Waals surface area contributed by atoms with Gasteiger partial charge in [-0.2, -0.15) is 0 Å². The van der Waals surface area contributed by atoms with Gasteiger partial charge in [-0.25, -0.2) is 0 Å². The summed E-state index contributed by atoms with van der Waals surface area (Å²) in [6, 6.07) is 0. The highest BCUT2D eigenvalue weighted by Gasteiger charge is 2.46. The van der Waals surface area contributed by atoms with Crippen LogP contribution < -0.4 is 0 Å². The van der Waals surface area contributed by atoms with Crippen molar-refractivity contribution in [2.75, 3.05) is 0 Å². The molecule has 0 spiro atoms.